The van der Waals surface area contributed by atoms with Crippen LogP contribution in [0.3, 0.4) is 0 Å². The van der Waals surface area contributed by atoms with Crippen molar-refractivity contribution in [1.82, 2.24) is 0 Å². The Hall–Kier alpha value is -1.44. The molecule has 0 unspecified atom stereocenters. The topological polar surface area (TPSA) is 113 Å². The Labute approximate surface area is 245 Å². The Morgan fingerprint density at radius 3 is 1.65 bits per heavy atom. The van der Waals surface area contributed by atoms with Gasteiger partial charge >= 0.3 is 11.9 Å². The van der Waals surface area contributed by atoms with Crippen molar-refractivity contribution in [2.75, 3.05) is 13.2 Å². The van der Waals surface area contributed by atoms with E-state index in [-0.39, 0.29) is 31.6 Å². The molecule has 0 spiro atoms. The first-order valence-electron chi connectivity index (χ1n) is 16.3. The van der Waals surface area contributed by atoms with Crippen molar-refractivity contribution in [3.05, 3.63) is 12.2 Å². The van der Waals surface area contributed by atoms with E-state index in [9.17, 15) is 24.9 Å². The van der Waals surface area contributed by atoms with E-state index in [1.54, 1.807) is 0 Å². The van der Waals surface area contributed by atoms with Gasteiger partial charge in [-0.15, -0.1) is 0 Å². The predicted molar refractivity (Wildman–Crippen MR) is 162 cm³/mol. The van der Waals surface area contributed by atoms with Crippen LogP contribution in [-0.4, -0.2) is 58.8 Å². The van der Waals surface area contributed by atoms with Crippen molar-refractivity contribution >= 4 is 11.9 Å². The molecule has 0 aliphatic rings. The highest BCUT2D eigenvalue weighted by molar-refractivity contribution is 5.69. The van der Waals surface area contributed by atoms with E-state index in [0.717, 1.165) is 57.3 Å². The summed E-state index contributed by atoms with van der Waals surface area (Å²) in [4.78, 5) is 23.7. The predicted octanol–water partition coefficient (Wildman–Crippen LogP) is 7.19. The number of carbonyl (C=O) groups is 2. The van der Waals surface area contributed by atoms with E-state index in [1.807, 2.05) is 6.08 Å². The molecule has 0 heterocycles. The number of hydrogen-bond acceptors (Lipinski definition) is 7. The zero-order valence-corrected chi connectivity index (χ0v) is 26.0. The first kappa shape index (κ1) is 38.6. The quantitative estimate of drug-likeness (QED) is 0.0518. The van der Waals surface area contributed by atoms with Crippen LogP contribution in [0.25, 0.3) is 0 Å². The molecular weight excluding hydrogens is 508 g/mol. The first-order chi connectivity index (χ1) is 19.3. The number of rotatable bonds is 28. The van der Waals surface area contributed by atoms with Gasteiger partial charge in [-0.3, -0.25) is 9.59 Å². The summed E-state index contributed by atoms with van der Waals surface area (Å²) in [6.07, 6.45) is 20.2. The van der Waals surface area contributed by atoms with Gasteiger partial charge in [-0.1, -0.05) is 110 Å². The van der Waals surface area contributed by atoms with Gasteiger partial charge in [0, 0.05) is 12.8 Å². The number of hydrogen-bond donors (Lipinski definition) is 3. The van der Waals surface area contributed by atoms with Gasteiger partial charge < -0.3 is 24.8 Å². The van der Waals surface area contributed by atoms with Gasteiger partial charge in [-0.2, -0.15) is 0 Å². The van der Waals surface area contributed by atoms with E-state index in [2.05, 4.69) is 26.8 Å². The number of aliphatic hydroxyl groups is 3. The molecule has 0 aliphatic heterocycles. The second-order valence-corrected chi connectivity index (χ2v) is 11.7. The molecule has 7 nitrogen and oxygen atoms in total. The van der Waals surface area contributed by atoms with Crippen LogP contribution in [0.15, 0.2) is 12.2 Å². The molecule has 3 N–H and O–H groups in total. The molecule has 0 bridgehead atoms. The minimum atomic E-state index is -1.01. The maximum atomic E-state index is 11.9. The lowest BCUT2D eigenvalue weighted by atomic mass is 10.0. The van der Waals surface area contributed by atoms with Crippen LogP contribution in [0.4, 0.5) is 0 Å². The molecule has 0 aromatic heterocycles. The third kappa shape index (κ3) is 26.8. The Morgan fingerprint density at radius 2 is 1.12 bits per heavy atom. The summed E-state index contributed by atoms with van der Waals surface area (Å²) in [6, 6.07) is 0. The van der Waals surface area contributed by atoms with Gasteiger partial charge in [0.25, 0.3) is 0 Å². The van der Waals surface area contributed by atoms with Gasteiger partial charge in [0.1, 0.15) is 19.3 Å². The molecule has 0 aliphatic carbocycles. The second-order valence-electron chi connectivity index (χ2n) is 11.7. The summed E-state index contributed by atoms with van der Waals surface area (Å²) in [5.41, 5.74) is 0. The monoisotopic (exact) mass is 570 g/mol. The van der Waals surface area contributed by atoms with Crippen molar-refractivity contribution in [2.45, 2.75) is 167 Å². The van der Waals surface area contributed by atoms with E-state index in [1.165, 1.54) is 44.9 Å². The number of aliphatic hydroxyl groups excluding tert-OH is 3. The molecule has 0 rings (SSSR count). The van der Waals surface area contributed by atoms with Crippen molar-refractivity contribution in [3.8, 4) is 0 Å². The van der Waals surface area contributed by atoms with Crippen LogP contribution in [0, 0.1) is 5.92 Å². The molecule has 0 saturated carbocycles. The zero-order chi connectivity index (χ0) is 29.8. The van der Waals surface area contributed by atoms with Crippen molar-refractivity contribution in [1.29, 1.82) is 0 Å². The summed E-state index contributed by atoms with van der Waals surface area (Å²) in [5.74, 6) is 0.0861. The molecule has 0 radical (unpaired) electrons. The van der Waals surface area contributed by atoms with Crippen LogP contribution in [-0.2, 0) is 19.1 Å². The van der Waals surface area contributed by atoms with Gasteiger partial charge in [0.15, 0.2) is 0 Å². The number of ether oxygens (including phenoxy) is 2. The SMILES string of the molecule is CCCCC/C=C\C[C@@H](O)[C@H](O)CCCCCCCC(=O)OC[C@H](O)COC(=O)CCCCCCCCC(C)C. The molecule has 3 atom stereocenters. The summed E-state index contributed by atoms with van der Waals surface area (Å²) < 4.78 is 10.2. The fourth-order valence-corrected chi connectivity index (χ4v) is 4.47. The Kier molecular flexibility index (Phi) is 26.7. The maximum absolute atomic E-state index is 11.9. The number of esters is 2. The Bertz CT molecular complexity index is 620. The average Bonchev–Trinajstić information content (AvgIpc) is 2.93. The minimum absolute atomic E-state index is 0.156. The van der Waals surface area contributed by atoms with Crippen molar-refractivity contribution in [2.24, 2.45) is 5.92 Å². The highest BCUT2D eigenvalue weighted by Crippen LogP contribution is 2.14. The van der Waals surface area contributed by atoms with Gasteiger partial charge in [0.05, 0.1) is 12.2 Å². The highest BCUT2D eigenvalue weighted by Gasteiger charge is 2.14. The number of unbranched alkanes of at least 4 members (excludes halogenated alkanes) is 12. The third-order valence-corrected chi connectivity index (χ3v) is 7.13. The lowest BCUT2D eigenvalue weighted by molar-refractivity contribution is -0.152. The lowest BCUT2D eigenvalue weighted by Gasteiger charge is -2.16. The van der Waals surface area contributed by atoms with E-state index < -0.39 is 18.3 Å². The molecule has 0 amide bonds. The molecule has 0 fully saturated rings. The van der Waals surface area contributed by atoms with Crippen LogP contribution >= 0.6 is 0 Å². The van der Waals surface area contributed by atoms with Crippen LogP contribution in [0.1, 0.15) is 149 Å². The standard InChI is InChI=1S/C33H62O7/c1-4-5-6-7-12-17-22-30(35)31(36)23-18-13-10-15-20-25-33(38)40-27-29(34)26-39-32(37)24-19-14-9-8-11-16-21-28(2)3/h12,17,28-31,34-36H,4-11,13-16,18-27H2,1-3H3/b17-12-/t29-,30-,31-/m1/s1. The smallest absolute Gasteiger partial charge is 0.305 e. The Morgan fingerprint density at radius 1 is 0.625 bits per heavy atom. The Balaban J connectivity index is 3.61. The van der Waals surface area contributed by atoms with Crippen LogP contribution in [0.5, 0.6) is 0 Å². The van der Waals surface area contributed by atoms with E-state index in [0.29, 0.717) is 25.7 Å². The second kappa shape index (κ2) is 27.7. The molecule has 236 valence electrons. The minimum Gasteiger partial charge on any atom is -0.463 e. The summed E-state index contributed by atoms with van der Waals surface area (Å²) in [7, 11) is 0. The number of carbonyl (C=O) groups excluding carboxylic acids is 2. The molecular formula is C33H62O7. The normalized spacial score (nSPS) is 14.0. The molecule has 0 saturated heterocycles. The van der Waals surface area contributed by atoms with Gasteiger partial charge in [-0.05, 0) is 44.4 Å². The maximum Gasteiger partial charge on any atom is 0.305 e. The average molecular weight is 571 g/mol. The van der Waals surface area contributed by atoms with E-state index in [4.69, 9.17) is 9.47 Å². The van der Waals surface area contributed by atoms with Gasteiger partial charge in [0.2, 0.25) is 0 Å². The summed E-state index contributed by atoms with van der Waals surface area (Å²) in [5, 5.41) is 30.1. The molecule has 0 aromatic rings. The van der Waals surface area contributed by atoms with Gasteiger partial charge in [-0.25, -0.2) is 0 Å². The number of allylic oxidation sites excluding steroid dienone is 1. The molecule has 40 heavy (non-hydrogen) atoms. The van der Waals surface area contributed by atoms with E-state index >= 15 is 0 Å². The largest absolute Gasteiger partial charge is 0.463 e. The van der Waals surface area contributed by atoms with Crippen molar-refractivity contribution < 1.29 is 34.4 Å². The summed E-state index contributed by atoms with van der Waals surface area (Å²) >= 11 is 0. The van der Waals surface area contributed by atoms with Crippen LogP contribution in [0.2, 0.25) is 0 Å². The molecule has 7 heteroatoms. The third-order valence-electron chi connectivity index (χ3n) is 7.13. The van der Waals surface area contributed by atoms with Crippen molar-refractivity contribution in [3.63, 3.8) is 0 Å². The zero-order valence-electron chi connectivity index (χ0n) is 26.0. The first-order valence-corrected chi connectivity index (χ1v) is 16.3. The molecule has 0 aromatic carbocycles. The highest BCUT2D eigenvalue weighted by atomic mass is 16.6. The fraction of sp³-hybridized carbons (Fsp3) is 0.879. The lowest BCUT2D eigenvalue weighted by Crippen LogP contribution is -2.25. The fourth-order valence-electron chi connectivity index (χ4n) is 4.47. The van der Waals surface area contributed by atoms with Crippen LogP contribution < -0.4 is 0 Å². The summed E-state index contributed by atoms with van der Waals surface area (Å²) in [6.45, 7) is 6.34.